The normalized spacial score (nSPS) is 21.8. The minimum atomic E-state index is -2.04. The molecule has 1 N–H and O–H groups in total. The van der Waals surface area contributed by atoms with Crippen molar-refractivity contribution < 1.29 is 8.78 Å². The third-order valence-corrected chi connectivity index (χ3v) is 7.44. The number of hydrogen-bond donors (Lipinski definition) is 1. The van der Waals surface area contributed by atoms with Crippen LogP contribution in [0.3, 0.4) is 0 Å². The van der Waals surface area contributed by atoms with E-state index in [1.807, 2.05) is 0 Å². The topological polar surface area (TPSA) is 49.2 Å². The maximum Gasteiger partial charge on any atom is 0.246 e. The lowest BCUT2D eigenvalue weighted by molar-refractivity contribution is 0.0219. The number of aromatic nitrogens is 3. The van der Waals surface area contributed by atoms with E-state index in [1.165, 1.54) is 20.8 Å². The van der Waals surface area contributed by atoms with Gasteiger partial charge in [0.1, 0.15) is 18.0 Å². The molecule has 0 spiro atoms. The number of rotatable bonds is 5. The van der Waals surface area contributed by atoms with Crippen LogP contribution in [0, 0.1) is 18.6 Å². The molecule has 1 saturated carbocycles. The van der Waals surface area contributed by atoms with Gasteiger partial charge in [0.25, 0.3) is 0 Å². The summed E-state index contributed by atoms with van der Waals surface area (Å²) in [6.07, 6.45) is 3.67. The zero-order valence-electron chi connectivity index (χ0n) is 21.4. The van der Waals surface area contributed by atoms with Crippen LogP contribution in [0.1, 0.15) is 24.8 Å². The van der Waals surface area contributed by atoms with Crippen LogP contribution in [0.5, 0.6) is 0 Å². The molecular weight excluding hydrogens is 485 g/mol. The van der Waals surface area contributed by atoms with Crippen LogP contribution in [0.2, 0.25) is 0 Å². The molecule has 1 aliphatic carbocycles. The first-order chi connectivity index (χ1) is 18.1. The van der Waals surface area contributed by atoms with Gasteiger partial charge in [-0.3, -0.25) is 0 Å². The number of hydrogen-bond acceptors (Lipinski definition) is 5. The summed E-state index contributed by atoms with van der Waals surface area (Å²) in [5, 5.41) is -0.698. The predicted molar refractivity (Wildman–Crippen MR) is 155 cm³/mol. The predicted octanol–water partition coefficient (Wildman–Crippen LogP) is 0.235. The van der Waals surface area contributed by atoms with Gasteiger partial charge in [0.2, 0.25) is 5.95 Å². The average molecular weight is 503 g/mol. The number of piperazine rings is 1. The molecule has 0 atom stereocenters. The summed E-state index contributed by atoms with van der Waals surface area (Å²) in [6.45, 7) is 1.81. The van der Waals surface area contributed by atoms with Gasteiger partial charge in [-0.1, -0.05) is 6.42 Å². The Kier molecular flexibility index (Phi) is 6.68. The third-order valence-electron chi connectivity index (χ3n) is 7.44. The average Bonchev–Trinajstić information content (AvgIpc) is 3.22. The molecule has 6 nitrogen and oxygen atoms in total. The number of benzene rings is 2. The van der Waals surface area contributed by atoms with Crippen molar-refractivity contribution in [2.75, 3.05) is 10.2 Å². The molecule has 0 bridgehead atoms. The molecule has 2 fully saturated rings. The Labute approximate surface area is 237 Å². The van der Waals surface area contributed by atoms with E-state index in [2.05, 4.69) is 15.4 Å². The molecule has 2 aromatic carbocycles. The van der Waals surface area contributed by atoms with Crippen LogP contribution >= 0.6 is 0 Å². The van der Waals surface area contributed by atoms with Gasteiger partial charge in [0.15, 0.2) is 0 Å². The molecule has 3 aromatic rings. The maximum absolute atomic E-state index is 13.7. The molecule has 178 valence electrons. The van der Waals surface area contributed by atoms with Crippen molar-refractivity contribution in [3.8, 4) is 5.69 Å². The van der Waals surface area contributed by atoms with Gasteiger partial charge in [-0.2, -0.15) is 4.98 Å². The molecule has 1 aromatic heterocycles. The number of nitrogens with one attached hydrogen (secondary N) is 1. The summed E-state index contributed by atoms with van der Waals surface area (Å²) in [7, 11) is 52.7. The van der Waals surface area contributed by atoms with Gasteiger partial charge in [-0.25, -0.2) is 13.5 Å². The second-order valence-electron chi connectivity index (χ2n) is 10.4. The fourth-order valence-electron chi connectivity index (χ4n) is 5.24. The van der Waals surface area contributed by atoms with Crippen LogP contribution < -0.4 is 10.2 Å². The highest BCUT2D eigenvalue weighted by molar-refractivity contribution is 6.62. The van der Waals surface area contributed by atoms with Crippen molar-refractivity contribution in [3.05, 3.63) is 59.9 Å². The second kappa shape index (κ2) is 9.28. The zero-order chi connectivity index (χ0) is 28.5. The van der Waals surface area contributed by atoms with E-state index in [9.17, 15) is 8.78 Å². The highest BCUT2D eigenvalue weighted by Crippen LogP contribution is 2.49. The number of nitrogens with zero attached hydrogens (tertiary/aromatic N) is 5. The van der Waals surface area contributed by atoms with Gasteiger partial charge in [-0.05, 0) is 77.0 Å². The van der Waals surface area contributed by atoms with E-state index in [1.54, 1.807) is 25.1 Å². The first-order valence-corrected chi connectivity index (χ1v) is 12.2. The minimum absolute atomic E-state index is 0.128. The van der Waals surface area contributed by atoms with E-state index < -0.39 is 33.0 Å². The van der Waals surface area contributed by atoms with E-state index in [0.29, 0.717) is 11.4 Å². The van der Waals surface area contributed by atoms with Gasteiger partial charge in [0, 0.05) is 23.5 Å². The van der Waals surface area contributed by atoms with Crippen LogP contribution in [0.15, 0.2) is 42.7 Å². The summed E-state index contributed by atoms with van der Waals surface area (Å²) in [6, 6.07) is 7.89. The van der Waals surface area contributed by atoms with Crippen LogP contribution in [-0.2, 0) is 0 Å². The molecule has 39 heavy (non-hydrogen) atoms. The molecule has 1 saturated heterocycles. The Balaban J connectivity index is 1.51. The monoisotopic (exact) mass is 504 g/mol. The molecule has 1 aliphatic heterocycles. The highest BCUT2D eigenvalue weighted by Gasteiger charge is 2.61. The minimum Gasteiger partial charge on any atom is -0.394 e. The Morgan fingerprint density at radius 3 is 1.92 bits per heavy atom. The fourth-order valence-corrected chi connectivity index (χ4v) is 5.24. The van der Waals surface area contributed by atoms with Crippen LogP contribution in [0.4, 0.5) is 26.1 Å². The number of halogens is 2. The van der Waals surface area contributed by atoms with Crippen molar-refractivity contribution in [2.24, 2.45) is 0 Å². The van der Waals surface area contributed by atoms with Gasteiger partial charge in [-0.15, -0.1) is 5.10 Å². The fraction of sp³-hybridized carbons (Fsp3) is 0.391. The highest BCUT2D eigenvalue weighted by atomic mass is 19.1. The lowest BCUT2D eigenvalue weighted by Gasteiger charge is -2.78. The molecular formula is C23H18B8F2N6. The van der Waals surface area contributed by atoms with Crippen molar-refractivity contribution in [1.29, 1.82) is 0 Å². The molecule has 5 rings (SSSR count). The molecule has 2 aliphatic rings. The lowest BCUT2D eigenvalue weighted by Crippen LogP contribution is -2.93. The zero-order valence-corrected chi connectivity index (χ0v) is 21.4. The maximum atomic E-state index is 13.7. The first-order valence-electron chi connectivity index (χ1n) is 12.2. The van der Waals surface area contributed by atoms with Gasteiger partial charge in [0.05, 0.1) is 68.5 Å². The molecule has 16 radical (unpaired) electrons. The van der Waals surface area contributed by atoms with E-state index >= 15 is 0 Å². The van der Waals surface area contributed by atoms with Crippen molar-refractivity contribution in [1.82, 2.24) is 19.7 Å². The lowest BCUT2D eigenvalue weighted by atomic mass is 9.26. The summed E-state index contributed by atoms with van der Waals surface area (Å²) in [5.74, 6) is -1.37. The van der Waals surface area contributed by atoms with Gasteiger partial charge >= 0.3 is 0 Å². The van der Waals surface area contributed by atoms with E-state index in [0.717, 1.165) is 43.0 Å². The molecule has 16 heteroatoms. The van der Waals surface area contributed by atoms with Crippen molar-refractivity contribution >= 4 is 80.1 Å². The Morgan fingerprint density at radius 1 is 0.795 bits per heavy atom. The van der Waals surface area contributed by atoms with E-state index in [-0.39, 0.29) is 17.7 Å². The van der Waals surface area contributed by atoms with Crippen molar-refractivity contribution in [3.63, 3.8) is 0 Å². The van der Waals surface area contributed by atoms with Crippen molar-refractivity contribution in [2.45, 2.75) is 53.6 Å². The summed E-state index contributed by atoms with van der Waals surface area (Å²) >= 11 is 0. The quantitative estimate of drug-likeness (QED) is 0.507. The Morgan fingerprint density at radius 2 is 1.38 bits per heavy atom. The summed E-state index contributed by atoms with van der Waals surface area (Å²) in [5.41, 5.74) is 1.67. The smallest absolute Gasteiger partial charge is 0.246 e. The second-order valence-corrected chi connectivity index (χ2v) is 10.4. The third kappa shape index (κ3) is 4.47. The summed E-state index contributed by atoms with van der Waals surface area (Å²) in [4.78, 5) is 6.80. The standard InChI is InChI=1S/C23H18B8F2N6/c1-12-5-15(35-19-34-11-37(36-19)17-8-13(32)7-14(33)9-17)10-18(6-12)39-22(28,29)20(24,25)38(16-3-2-4-16)21(26,27)23(39,30)31/h5-11,16H,2-4H2,1H3,(H,35,36). The number of anilines is 3. The largest absolute Gasteiger partial charge is 0.394 e. The Bertz CT molecular complexity index is 1360. The van der Waals surface area contributed by atoms with Crippen LogP contribution in [0.25, 0.3) is 5.69 Å². The van der Waals surface area contributed by atoms with Crippen LogP contribution in [-0.4, -0.2) is 110 Å². The first kappa shape index (κ1) is 28.1. The van der Waals surface area contributed by atoms with Gasteiger partial charge < -0.3 is 15.1 Å². The molecule has 0 unspecified atom stereocenters. The van der Waals surface area contributed by atoms with E-state index in [4.69, 9.17) is 62.8 Å². The molecule has 0 amide bonds. The Hall–Kier alpha value is -2.48. The summed E-state index contributed by atoms with van der Waals surface area (Å²) < 4.78 is 28.5. The SMILES string of the molecule is [B]C1([B])N(c2cc(C)cc(Nc3ncn(-c4cc(F)cc(F)c4)n3)c2)C([B])([B])C([B])([B])N(C2CCC2)C1([B])[B]. The molecule has 2 heterocycles. The number of aryl methyl sites for hydroxylation is 1.